The Morgan fingerprint density at radius 1 is 0.957 bits per heavy atom. The molecule has 7 nitrogen and oxygen atoms in total. The van der Waals surface area contributed by atoms with Gasteiger partial charge in [0.15, 0.2) is 9.76 Å². The van der Waals surface area contributed by atoms with Crippen LogP contribution in [0.3, 0.4) is 0 Å². The molecule has 0 aliphatic rings. The van der Waals surface area contributed by atoms with Crippen LogP contribution in [-0.2, 0) is 14.0 Å². The standard InChI is InChI=1S/C15H32N4O3Si/c1-3-22-15(20)5-7-17-9-11-19-13-12-18-10-8-16-6-4-14-23-21-2/h1,16-19H,4-14,23H2,2H3. The summed E-state index contributed by atoms with van der Waals surface area (Å²) in [6, 6.07) is 1.25. The van der Waals surface area contributed by atoms with Gasteiger partial charge in [0, 0.05) is 52.9 Å². The third kappa shape index (κ3) is 19.0. The van der Waals surface area contributed by atoms with Gasteiger partial charge in [-0.25, -0.2) is 0 Å². The number of nitrogens with one attached hydrogen (secondary N) is 4. The van der Waals surface area contributed by atoms with Crippen molar-refractivity contribution in [2.45, 2.75) is 18.9 Å². The second-order valence-corrected chi connectivity index (χ2v) is 6.73. The van der Waals surface area contributed by atoms with E-state index in [1.54, 1.807) is 7.11 Å². The van der Waals surface area contributed by atoms with E-state index >= 15 is 0 Å². The van der Waals surface area contributed by atoms with Crippen molar-refractivity contribution in [2.24, 2.45) is 0 Å². The normalized spacial score (nSPS) is 11.0. The Bertz CT molecular complexity index is 314. The zero-order chi connectivity index (χ0) is 17.0. The van der Waals surface area contributed by atoms with E-state index in [2.05, 4.69) is 26.0 Å². The van der Waals surface area contributed by atoms with Crippen molar-refractivity contribution in [1.82, 2.24) is 21.3 Å². The first-order chi connectivity index (χ1) is 11.3. The van der Waals surface area contributed by atoms with Crippen LogP contribution in [0.25, 0.3) is 0 Å². The van der Waals surface area contributed by atoms with Crippen LogP contribution < -0.4 is 21.3 Å². The lowest BCUT2D eigenvalue weighted by atomic mass is 10.4. The molecule has 0 radical (unpaired) electrons. The van der Waals surface area contributed by atoms with Gasteiger partial charge in [0.05, 0.1) is 6.42 Å². The molecule has 0 aromatic carbocycles. The summed E-state index contributed by atoms with van der Waals surface area (Å²) in [5.74, 6) is -0.369. The second-order valence-electron chi connectivity index (χ2n) is 5.04. The zero-order valence-electron chi connectivity index (χ0n) is 14.3. The van der Waals surface area contributed by atoms with Gasteiger partial charge < -0.3 is 30.4 Å². The van der Waals surface area contributed by atoms with E-state index in [4.69, 9.17) is 10.8 Å². The van der Waals surface area contributed by atoms with E-state index in [-0.39, 0.29) is 15.7 Å². The molecule has 0 aliphatic heterocycles. The summed E-state index contributed by atoms with van der Waals surface area (Å²) in [7, 11) is 1.55. The van der Waals surface area contributed by atoms with Gasteiger partial charge in [-0.15, -0.1) is 0 Å². The molecule has 0 rings (SSSR count). The molecule has 0 bridgehead atoms. The Morgan fingerprint density at radius 3 is 2.00 bits per heavy atom. The number of carbonyl (C=O) groups is 1. The number of hydrogen-bond acceptors (Lipinski definition) is 7. The van der Waals surface area contributed by atoms with Crippen LogP contribution in [0.1, 0.15) is 12.8 Å². The number of esters is 1. The van der Waals surface area contributed by atoms with Crippen molar-refractivity contribution < 1.29 is 14.0 Å². The molecule has 23 heavy (non-hydrogen) atoms. The molecule has 0 saturated heterocycles. The molecule has 0 aromatic rings. The number of terminal acetylenes is 1. The van der Waals surface area contributed by atoms with Gasteiger partial charge in [-0.1, -0.05) is 6.42 Å². The predicted octanol–water partition coefficient (Wildman–Crippen LogP) is -1.59. The van der Waals surface area contributed by atoms with E-state index < -0.39 is 0 Å². The van der Waals surface area contributed by atoms with Gasteiger partial charge in [0.1, 0.15) is 6.11 Å². The van der Waals surface area contributed by atoms with Gasteiger partial charge in [0.2, 0.25) is 0 Å². The summed E-state index contributed by atoms with van der Waals surface area (Å²) in [5, 5.41) is 13.3. The van der Waals surface area contributed by atoms with Crippen molar-refractivity contribution in [3.63, 3.8) is 0 Å². The van der Waals surface area contributed by atoms with Crippen LogP contribution >= 0.6 is 0 Å². The maximum absolute atomic E-state index is 11.0. The minimum Gasteiger partial charge on any atom is -0.427 e. The molecule has 0 aromatic heterocycles. The highest BCUT2D eigenvalue weighted by Gasteiger charge is 1.99. The maximum Gasteiger partial charge on any atom is 0.321 e. The molecular formula is C15H32N4O3Si. The van der Waals surface area contributed by atoms with Gasteiger partial charge in [-0.2, -0.15) is 0 Å². The molecular weight excluding hydrogens is 312 g/mol. The monoisotopic (exact) mass is 344 g/mol. The lowest BCUT2D eigenvalue weighted by Crippen LogP contribution is -2.35. The molecule has 134 valence electrons. The highest BCUT2D eigenvalue weighted by Crippen LogP contribution is 1.85. The van der Waals surface area contributed by atoms with Crippen LogP contribution in [0.5, 0.6) is 0 Å². The first-order valence-electron chi connectivity index (χ1n) is 8.28. The number of hydrogen-bond donors (Lipinski definition) is 4. The SMILES string of the molecule is C#COC(=O)CCNCCNCCNCCNCCC[SiH2]OC. The average Bonchev–Trinajstić information content (AvgIpc) is 2.54. The topological polar surface area (TPSA) is 83.7 Å². The van der Waals surface area contributed by atoms with E-state index in [1.165, 1.54) is 12.5 Å². The Labute approximate surface area is 142 Å². The summed E-state index contributed by atoms with van der Waals surface area (Å²) in [5.41, 5.74) is 0. The molecule has 0 unspecified atom stereocenters. The maximum atomic E-state index is 11.0. The van der Waals surface area contributed by atoms with E-state index in [9.17, 15) is 4.79 Å². The fourth-order valence-corrected chi connectivity index (χ4v) is 2.58. The second kappa shape index (κ2) is 19.1. The van der Waals surface area contributed by atoms with Crippen molar-refractivity contribution in [2.75, 3.05) is 59.5 Å². The summed E-state index contributed by atoms with van der Waals surface area (Å²) in [6.07, 6.45) is 8.24. The third-order valence-electron chi connectivity index (χ3n) is 3.07. The number of ether oxygens (including phenoxy) is 1. The quantitative estimate of drug-likeness (QED) is 0.110. The fourth-order valence-electron chi connectivity index (χ4n) is 1.83. The van der Waals surface area contributed by atoms with Gasteiger partial charge in [-0.3, -0.25) is 4.79 Å². The van der Waals surface area contributed by atoms with Gasteiger partial charge >= 0.3 is 5.97 Å². The minimum absolute atomic E-state index is 0.246. The lowest BCUT2D eigenvalue weighted by Gasteiger charge is -2.08. The van der Waals surface area contributed by atoms with Gasteiger partial charge in [-0.05, 0) is 19.0 Å². The summed E-state index contributed by atoms with van der Waals surface area (Å²) < 4.78 is 9.52. The summed E-state index contributed by atoms with van der Waals surface area (Å²) in [4.78, 5) is 11.0. The molecule has 0 fully saturated rings. The van der Waals surface area contributed by atoms with Crippen LogP contribution in [0.2, 0.25) is 6.04 Å². The molecule has 0 saturated carbocycles. The highest BCUT2D eigenvalue weighted by molar-refractivity contribution is 6.26. The van der Waals surface area contributed by atoms with E-state index in [0.717, 1.165) is 45.8 Å². The molecule has 4 N–H and O–H groups in total. The predicted molar refractivity (Wildman–Crippen MR) is 96.0 cm³/mol. The number of rotatable bonds is 17. The average molecular weight is 345 g/mol. The fraction of sp³-hybridized carbons (Fsp3) is 0.800. The van der Waals surface area contributed by atoms with E-state index in [0.29, 0.717) is 13.0 Å². The highest BCUT2D eigenvalue weighted by atomic mass is 28.2. The Morgan fingerprint density at radius 2 is 1.48 bits per heavy atom. The van der Waals surface area contributed by atoms with Crippen molar-refractivity contribution in [3.05, 3.63) is 0 Å². The summed E-state index contributed by atoms with van der Waals surface area (Å²) in [6.45, 7) is 7.22. The minimum atomic E-state index is -0.369. The van der Waals surface area contributed by atoms with Crippen molar-refractivity contribution >= 4 is 15.7 Å². The molecule has 0 atom stereocenters. The Hall–Kier alpha value is -0.953. The van der Waals surface area contributed by atoms with E-state index in [1.807, 2.05) is 6.11 Å². The summed E-state index contributed by atoms with van der Waals surface area (Å²) >= 11 is 0. The third-order valence-corrected chi connectivity index (χ3v) is 4.26. The number of carbonyl (C=O) groups excluding carboxylic acids is 1. The van der Waals surface area contributed by atoms with Crippen LogP contribution in [-0.4, -0.2) is 75.2 Å². The molecule has 0 amide bonds. The van der Waals surface area contributed by atoms with Gasteiger partial charge in [0.25, 0.3) is 0 Å². The van der Waals surface area contributed by atoms with Crippen LogP contribution in [0.15, 0.2) is 0 Å². The Kier molecular flexibility index (Phi) is 18.3. The smallest absolute Gasteiger partial charge is 0.321 e. The molecule has 0 heterocycles. The largest absolute Gasteiger partial charge is 0.427 e. The lowest BCUT2D eigenvalue weighted by molar-refractivity contribution is -0.136. The molecule has 0 spiro atoms. The molecule has 8 heteroatoms. The first-order valence-corrected chi connectivity index (χ1v) is 9.86. The van der Waals surface area contributed by atoms with Crippen LogP contribution in [0, 0.1) is 12.5 Å². The molecule has 0 aliphatic carbocycles. The Balaban J connectivity index is 3.03. The van der Waals surface area contributed by atoms with Crippen LogP contribution in [0.4, 0.5) is 0 Å². The zero-order valence-corrected chi connectivity index (χ0v) is 15.7. The van der Waals surface area contributed by atoms with Crippen molar-refractivity contribution in [1.29, 1.82) is 0 Å². The first kappa shape index (κ1) is 22.0. The van der Waals surface area contributed by atoms with Crippen molar-refractivity contribution in [3.8, 4) is 12.5 Å².